The molecular weight excluding hydrogens is 236 g/mol. The van der Waals surface area contributed by atoms with Crippen LogP contribution < -0.4 is 20.5 Å². The molecule has 0 saturated carbocycles. The second-order valence-electron chi connectivity index (χ2n) is 3.65. The molecule has 1 rings (SSSR count). The first kappa shape index (κ1) is 14.3. The lowest BCUT2D eigenvalue weighted by atomic mass is 10.2. The molecule has 1 atom stereocenters. The van der Waals surface area contributed by atoms with E-state index in [1.807, 2.05) is 0 Å². The average molecular weight is 254 g/mol. The molecule has 0 aliphatic rings. The average Bonchev–Trinajstić information content (AvgIpc) is 2.38. The zero-order valence-corrected chi connectivity index (χ0v) is 10.7. The second-order valence-corrected chi connectivity index (χ2v) is 3.65. The first-order valence-electron chi connectivity index (χ1n) is 5.39. The molecule has 0 bridgehead atoms. The summed E-state index contributed by atoms with van der Waals surface area (Å²) in [5.74, 6) is 0.849. The number of nitrogens with two attached hydrogens (primary N) is 1. The van der Waals surface area contributed by atoms with Gasteiger partial charge in [0, 0.05) is 31.0 Å². The lowest BCUT2D eigenvalue weighted by molar-refractivity contribution is -0.118. The molecule has 0 saturated heterocycles. The number of carbonyl (C=O) groups excluding carboxylic acids is 1. The Balaban J connectivity index is 2.80. The number of ether oxygens (including phenoxy) is 3. The molecule has 0 aromatic heterocycles. The van der Waals surface area contributed by atoms with Crippen molar-refractivity contribution in [1.82, 2.24) is 0 Å². The maximum atomic E-state index is 11.7. The summed E-state index contributed by atoms with van der Waals surface area (Å²) in [6.07, 6.45) is 0. The van der Waals surface area contributed by atoms with Crippen molar-refractivity contribution in [2.24, 2.45) is 5.73 Å². The molecule has 6 nitrogen and oxygen atoms in total. The molecule has 0 radical (unpaired) electrons. The van der Waals surface area contributed by atoms with Crippen LogP contribution in [-0.4, -0.2) is 39.9 Å². The summed E-state index contributed by atoms with van der Waals surface area (Å²) in [7, 11) is 4.57. The molecule has 1 amide bonds. The minimum absolute atomic E-state index is 0.160. The number of hydrogen-bond donors (Lipinski definition) is 2. The molecule has 100 valence electrons. The third-order valence-electron chi connectivity index (χ3n) is 2.30. The largest absolute Gasteiger partial charge is 0.497 e. The molecule has 1 unspecified atom stereocenters. The highest BCUT2D eigenvalue weighted by atomic mass is 16.5. The van der Waals surface area contributed by atoms with Gasteiger partial charge in [0.05, 0.1) is 20.8 Å². The Morgan fingerprint density at radius 3 is 2.22 bits per heavy atom. The van der Waals surface area contributed by atoms with Crippen LogP contribution in [0.5, 0.6) is 11.5 Å². The number of anilines is 1. The van der Waals surface area contributed by atoms with Crippen LogP contribution in [0.2, 0.25) is 0 Å². The zero-order chi connectivity index (χ0) is 13.5. The van der Waals surface area contributed by atoms with Gasteiger partial charge in [-0.25, -0.2) is 0 Å². The minimum Gasteiger partial charge on any atom is -0.497 e. The number of hydrogen-bond acceptors (Lipinski definition) is 5. The molecule has 0 spiro atoms. The summed E-state index contributed by atoms with van der Waals surface area (Å²) >= 11 is 0. The van der Waals surface area contributed by atoms with Gasteiger partial charge >= 0.3 is 0 Å². The van der Waals surface area contributed by atoms with E-state index in [1.54, 1.807) is 18.2 Å². The number of carbonyl (C=O) groups is 1. The van der Waals surface area contributed by atoms with E-state index in [0.717, 1.165) is 0 Å². The fourth-order valence-electron chi connectivity index (χ4n) is 1.37. The molecule has 0 aliphatic carbocycles. The van der Waals surface area contributed by atoms with Crippen LogP contribution in [0.1, 0.15) is 0 Å². The normalized spacial score (nSPS) is 11.8. The Morgan fingerprint density at radius 1 is 1.22 bits per heavy atom. The van der Waals surface area contributed by atoms with Crippen LogP contribution in [0.15, 0.2) is 18.2 Å². The van der Waals surface area contributed by atoms with Gasteiger partial charge in [-0.1, -0.05) is 0 Å². The number of nitrogens with one attached hydrogen (secondary N) is 1. The number of rotatable bonds is 6. The number of methoxy groups -OCH3 is 3. The third kappa shape index (κ3) is 3.90. The van der Waals surface area contributed by atoms with Crippen molar-refractivity contribution >= 4 is 11.6 Å². The predicted molar refractivity (Wildman–Crippen MR) is 68.0 cm³/mol. The van der Waals surface area contributed by atoms with Gasteiger partial charge in [0.15, 0.2) is 0 Å². The highest BCUT2D eigenvalue weighted by Crippen LogP contribution is 2.25. The summed E-state index contributed by atoms with van der Waals surface area (Å²) in [5.41, 5.74) is 6.18. The minimum atomic E-state index is -0.716. The van der Waals surface area contributed by atoms with Crippen molar-refractivity contribution in [1.29, 1.82) is 0 Å². The van der Waals surface area contributed by atoms with Crippen molar-refractivity contribution in [3.8, 4) is 11.5 Å². The summed E-state index contributed by atoms with van der Waals surface area (Å²) in [5, 5.41) is 2.67. The molecule has 1 aromatic carbocycles. The summed E-state index contributed by atoms with van der Waals surface area (Å²) < 4.78 is 15.0. The fraction of sp³-hybridized carbons (Fsp3) is 0.417. The van der Waals surface area contributed by atoms with Crippen LogP contribution in [0.3, 0.4) is 0 Å². The quantitative estimate of drug-likeness (QED) is 0.777. The second kappa shape index (κ2) is 6.83. The Kier molecular flexibility index (Phi) is 5.41. The maximum Gasteiger partial charge on any atom is 0.243 e. The summed E-state index contributed by atoms with van der Waals surface area (Å²) in [6.45, 7) is 0.160. The Morgan fingerprint density at radius 2 is 1.78 bits per heavy atom. The Hall–Kier alpha value is -1.79. The van der Waals surface area contributed by atoms with Gasteiger partial charge in [-0.2, -0.15) is 0 Å². The lowest BCUT2D eigenvalue weighted by Crippen LogP contribution is -2.39. The van der Waals surface area contributed by atoms with Gasteiger partial charge in [-0.3, -0.25) is 4.79 Å². The van der Waals surface area contributed by atoms with Crippen LogP contribution in [-0.2, 0) is 9.53 Å². The number of benzene rings is 1. The molecule has 6 heteroatoms. The zero-order valence-electron chi connectivity index (χ0n) is 10.7. The van der Waals surface area contributed by atoms with E-state index >= 15 is 0 Å². The monoisotopic (exact) mass is 254 g/mol. The molecule has 1 aromatic rings. The van der Waals surface area contributed by atoms with Crippen molar-refractivity contribution in [3.05, 3.63) is 18.2 Å². The maximum absolute atomic E-state index is 11.7. The van der Waals surface area contributed by atoms with E-state index in [0.29, 0.717) is 17.2 Å². The molecule has 0 fully saturated rings. The third-order valence-corrected chi connectivity index (χ3v) is 2.30. The lowest BCUT2D eigenvalue weighted by Gasteiger charge is -2.13. The summed E-state index contributed by atoms with van der Waals surface area (Å²) in [6, 6.07) is 4.36. The van der Waals surface area contributed by atoms with E-state index in [4.69, 9.17) is 19.9 Å². The Labute approximate surface area is 106 Å². The van der Waals surface area contributed by atoms with Crippen LogP contribution in [0.25, 0.3) is 0 Å². The van der Waals surface area contributed by atoms with E-state index in [9.17, 15) is 4.79 Å². The van der Waals surface area contributed by atoms with Crippen LogP contribution in [0.4, 0.5) is 5.69 Å². The molecular formula is C12H18N2O4. The van der Waals surface area contributed by atoms with Gasteiger partial charge in [0.2, 0.25) is 5.91 Å². The molecule has 3 N–H and O–H groups in total. The van der Waals surface area contributed by atoms with Gasteiger partial charge in [0.1, 0.15) is 17.5 Å². The van der Waals surface area contributed by atoms with E-state index in [-0.39, 0.29) is 12.5 Å². The smallest absolute Gasteiger partial charge is 0.243 e. The van der Waals surface area contributed by atoms with Crippen molar-refractivity contribution < 1.29 is 19.0 Å². The van der Waals surface area contributed by atoms with Gasteiger partial charge in [-0.15, -0.1) is 0 Å². The first-order chi connectivity index (χ1) is 8.60. The van der Waals surface area contributed by atoms with Crippen LogP contribution in [0, 0.1) is 0 Å². The fourth-order valence-corrected chi connectivity index (χ4v) is 1.37. The van der Waals surface area contributed by atoms with E-state index in [1.165, 1.54) is 21.3 Å². The van der Waals surface area contributed by atoms with Gasteiger partial charge < -0.3 is 25.3 Å². The predicted octanol–water partition coefficient (Wildman–Crippen LogP) is 0.616. The Bertz CT molecular complexity index is 387. The standard InChI is InChI=1S/C12H18N2O4/c1-16-7-11(13)12(15)14-8-4-9(17-2)6-10(5-8)18-3/h4-6,11H,7,13H2,1-3H3,(H,14,15). The van der Waals surface area contributed by atoms with Crippen LogP contribution >= 0.6 is 0 Å². The highest BCUT2D eigenvalue weighted by Gasteiger charge is 2.14. The molecule has 0 aliphatic heterocycles. The van der Waals surface area contributed by atoms with Crippen molar-refractivity contribution in [3.63, 3.8) is 0 Å². The van der Waals surface area contributed by atoms with E-state index in [2.05, 4.69) is 5.32 Å². The van der Waals surface area contributed by atoms with Crippen molar-refractivity contribution in [2.45, 2.75) is 6.04 Å². The first-order valence-corrected chi connectivity index (χ1v) is 5.39. The van der Waals surface area contributed by atoms with Gasteiger partial charge in [-0.05, 0) is 0 Å². The molecule has 18 heavy (non-hydrogen) atoms. The van der Waals surface area contributed by atoms with Gasteiger partial charge in [0.25, 0.3) is 0 Å². The topological polar surface area (TPSA) is 82.8 Å². The highest BCUT2D eigenvalue weighted by molar-refractivity contribution is 5.95. The summed E-state index contributed by atoms with van der Waals surface area (Å²) in [4.78, 5) is 11.7. The van der Waals surface area contributed by atoms with E-state index < -0.39 is 6.04 Å². The SMILES string of the molecule is COCC(N)C(=O)Nc1cc(OC)cc(OC)c1. The van der Waals surface area contributed by atoms with Crippen molar-refractivity contribution in [2.75, 3.05) is 33.3 Å². The molecule has 0 heterocycles. The number of amides is 1.